The SMILES string of the molecule is C#C[C@@](C)(O)[C@H]1C[C@@H](O[Si](C)(C)C(C)(C)C)C(C)(C)O1. The van der Waals surface area contributed by atoms with E-state index < -0.39 is 19.5 Å². The fourth-order valence-corrected chi connectivity index (χ4v) is 3.57. The average molecular weight is 298 g/mol. The standard InChI is InChI=1S/C16H30O3Si/c1-10-16(7,17)13-11-12(15(5,6)18-13)19-20(8,9)14(2,3)4/h1,12-13,17H,11H2,2-9H3/t12-,13-,16-/m1/s1. The first-order chi connectivity index (χ1) is 8.73. The lowest BCUT2D eigenvalue weighted by Gasteiger charge is -2.41. The van der Waals surface area contributed by atoms with Crippen molar-refractivity contribution in [2.24, 2.45) is 0 Å². The molecule has 0 bridgehead atoms. The van der Waals surface area contributed by atoms with Crippen molar-refractivity contribution in [1.29, 1.82) is 0 Å². The summed E-state index contributed by atoms with van der Waals surface area (Å²) in [6, 6.07) is 0. The molecule has 116 valence electrons. The molecule has 0 aromatic carbocycles. The predicted octanol–water partition coefficient (Wildman–Crippen LogP) is 3.33. The summed E-state index contributed by atoms with van der Waals surface area (Å²) in [5, 5.41) is 10.4. The minimum atomic E-state index is -1.87. The van der Waals surface area contributed by atoms with Gasteiger partial charge < -0.3 is 14.3 Å². The van der Waals surface area contributed by atoms with Crippen LogP contribution in [0.1, 0.15) is 48.0 Å². The van der Waals surface area contributed by atoms with Gasteiger partial charge in [-0.2, -0.15) is 0 Å². The van der Waals surface area contributed by atoms with Crippen LogP contribution in [0.4, 0.5) is 0 Å². The molecule has 1 rings (SSSR count). The first-order valence-corrected chi connectivity index (χ1v) is 10.2. The maximum Gasteiger partial charge on any atom is 0.192 e. The van der Waals surface area contributed by atoms with Gasteiger partial charge in [0.2, 0.25) is 0 Å². The van der Waals surface area contributed by atoms with Crippen LogP contribution in [0.15, 0.2) is 0 Å². The second kappa shape index (κ2) is 5.13. The molecule has 4 heteroatoms. The Kier molecular flexibility index (Phi) is 4.55. The van der Waals surface area contributed by atoms with E-state index >= 15 is 0 Å². The largest absolute Gasteiger partial charge is 0.411 e. The maximum atomic E-state index is 10.2. The zero-order chi connectivity index (χ0) is 16.0. The van der Waals surface area contributed by atoms with E-state index in [-0.39, 0.29) is 17.2 Å². The van der Waals surface area contributed by atoms with Gasteiger partial charge >= 0.3 is 0 Å². The molecule has 1 aliphatic heterocycles. The van der Waals surface area contributed by atoms with Crippen LogP contribution in [0.5, 0.6) is 0 Å². The Balaban J connectivity index is 2.91. The van der Waals surface area contributed by atoms with E-state index in [4.69, 9.17) is 15.6 Å². The Morgan fingerprint density at radius 1 is 1.30 bits per heavy atom. The first kappa shape index (κ1) is 17.7. The Morgan fingerprint density at radius 2 is 1.80 bits per heavy atom. The zero-order valence-electron chi connectivity index (χ0n) is 14.2. The Labute approximate surface area is 125 Å². The molecule has 1 fully saturated rings. The van der Waals surface area contributed by atoms with Crippen molar-refractivity contribution >= 4 is 8.32 Å². The molecular weight excluding hydrogens is 268 g/mol. The first-order valence-electron chi connectivity index (χ1n) is 7.29. The highest BCUT2D eigenvalue weighted by Crippen LogP contribution is 2.43. The van der Waals surface area contributed by atoms with Gasteiger partial charge in [-0.3, -0.25) is 0 Å². The molecule has 1 heterocycles. The molecule has 0 unspecified atom stereocenters. The van der Waals surface area contributed by atoms with Gasteiger partial charge in [0, 0.05) is 6.42 Å². The van der Waals surface area contributed by atoms with Gasteiger partial charge in [-0.05, 0) is 38.9 Å². The molecule has 3 nitrogen and oxygen atoms in total. The van der Waals surface area contributed by atoms with E-state index in [0.29, 0.717) is 6.42 Å². The van der Waals surface area contributed by atoms with Crippen LogP contribution in [0.3, 0.4) is 0 Å². The molecule has 0 spiro atoms. The predicted molar refractivity (Wildman–Crippen MR) is 85.1 cm³/mol. The van der Waals surface area contributed by atoms with Gasteiger partial charge in [0.05, 0.1) is 11.7 Å². The summed E-state index contributed by atoms with van der Waals surface area (Å²) in [4.78, 5) is 0. The molecular formula is C16H30O3Si. The Morgan fingerprint density at radius 3 is 2.20 bits per heavy atom. The summed E-state index contributed by atoms with van der Waals surface area (Å²) in [6.07, 6.45) is 5.63. The fourth-order valence-electron chi connectivity index (χ4n) is 2.13. The third-order valence-corrected chi connectivity index (χ3v) is 9.30. The van der Waals surface area contributed by atoms with Crippen LogP contribution in [0, 0.1) is 12.3 Å². The van der Waals surface area contributed by atoms with Crippen LogP contribution in [-0.2, 0) is 9.16 Å². The lowest BCUT2D eigenvalue weighted by atomic mass is 9.94. The minimum absolute atomic E-state index is 0.0341. The summed E-state index contributed by atoms with van der Waals surface area (Å²) in [5.41, 5.74) is -1.68. The van der Waals surface area contributed by atoms with Crippen molar-refractivity contribution in [2.45, 2.75) is 89.5 Å². The fraction of sp³-hybridized carbons (Fsp3) is 0.875. The third kappa shape index (κ3) is 3.45. The topological polar surface area (TPSA) is 38.7 Å². The number of terminal acetylenes is 1. The summed E-state index contributed by atoms with van der Waals surface area (Å²) in [5.74, 6) is 2.42. The van der Waals surface area contributed by atoms with Gasteiger partial charge in [-0.25, -0.2) is 0 Å². The molecule has 1 saturated heterocycles. The number of rotatable bonds is 3. The van der Waals surface area contributed by atoms with Crippen LogP contribution < -0.4 is 0 Å². The Bertz CT molecular complexity index is 399. The van der Waals surface area contributed by atoms with Crippen molar-refractivity contribution < 1.29 is 14.3 Å². The third-order valence-electron chi connectivity index (χ3n) is 4.81. The highest BCUT2D eigenvalue weighted by molar-refractivity contribution is 6.74. The van der Waals surface area contributed by atoms with Crippen molar-refractivity contribution in [3.05, 3.63) is 0 Å². The molecule has 1 aliphatic rings. The minimum Gasteiger partial charge on any atom is -0.411 e. The summed E-state index contributed by atoms with van der Waals surface area (Å²) in [6.45, 7) is 16.8. The van der Waals surface area contributed by atoms with Gasteiger partial charge in [-0.1, -0.05) is 26.7 Å². The maximum absolute atomic E-state index is 10.2. The highest BCUT2D eigenvalue weighted by Gasteiger charge is 2.51. The smallest absolute Gasteiger partial charge is 0.192 e. The van der Waals surface area contributed by atoms with E-state index in [2.05, 4.69) is 39.8 Å². The van der Waals surface area contributed by atoms with E-state index in [9.17, 15) is 5.11 Å². The normalized spacial score (nSPS) is 29.8. The van der Waals surface area contributed by atoms with Crippen molar-refractivity contribution in [1.82, 2.24) is 0 Å². The van der Waals surface area contributed by atoms with Crippen molar-refractivity contribution in [2.75, 3.05) is 0 Å². The molecule has 1 N–H and O–H groups in total. The number of aliphatic hydroxyl groups is 1. The average Bonchev–Trinajstić information content (AvgIpc) is 2.53. The molecule has 0 amide bonds. The molecule has 3 atom stereocenters. The molecule has 0 aromatic rings. The second-order valence-electron chi connectivity index (χ2n) is 8.10. The van der Waals surface area contributed by atoms with Gasteiger partial charge in [0.1, 0.15) is 11.7 Å². The number of hydrogen-bond donors (Lipinski definition) is 1. The summed E-state index contributed by atoms with van der Waals surface area (Å²) in [7, 11) is -1.87. The van der Waals surface area contributed by atoms with Crippen molar-refractivity contribution in [3.8, 4) is 12.3 Å². The molecule has 0 saturated carbocycles. The lowest BCUT2D eigenvalue weighted by Crippen LogP contribution is -2.48. The lowest BCUT2D eigenvalue weighted by molar-refractivity contribution is -0.105. The molecule has 0 radical (unpaired) electrons. The second-order valence-corrected chi connectivity index (χ2v) is 12.9. The van der Waals surface area contributed by atoms with Crippen LogP contribution >= 0.6 is 0 Å². The quantitative estimate of drug-likeness (QED) is 0.641. The van der Waals surface area contributed by atoms with Gasteiger partial charge in [-0.15, -0.1) is 6.42 Å². The summed E-state index contributed by atoms with van der Waals surface area (Å²) < 4.78 is 12.5. The monoisotopic (exact) mass is 298 g/mol. The van der Waals surface area contributed by atoms with Crippen LogP contribution in [-0.4, -0.2) is 36.8 Å². The molecule has 0 aliphatic carbocycles. The van der Waals surface area contributed by atoms with E-state index in [1.54, 1.807) is 6.92 Å². The van der Waals surface area contributed by atoms with Crippen LogP contribution in [0.2, 0.25) is 18.1 Å². The molecule has 20 heavy (non-hydrogen) atoms. The highest BCUT2D eigenvalue weighted by atomic mass is 28.4. The van der Waals surface area contributed by atoms with Crippen LogP contribution in [0.25, 0.3) is 0 Å². The Hall–Kier alpha value is -0.343. The van der Waals surface area contributed by atoms with E-state index in [0.717, 1.165) is 0 Å². The van der Waals surface area contributed by atoms with E-state index in [1.165, 1.54) is 0 Å². The number of hydrogen-bond acceptors (Lipinski definition) is 3. The summed E-state index contributed by atoms with van der Waals surface area (Å²) >= 11 is 0. The van der Waals surface area contributed by atoms with Gasteiger partial charge in [0.25, 0.3) is 0 Å². The molecule has 0 aromatic heterocycles. The van der Waals surface area contributed by atoms with Crippen molar-refractivity contribution in [3.63, 3.8) is 0 Å². The number of ether oxygens (including phenoxy) is 1. The van der Waals surface area contributed by atoms with Gasteiger partial charge in [0.15, 0.2) is 8.32 Å². The zero-order valence-corrected chi connectivity index (χ0v) is 15.2. The van der Waals surface area contributed by atoms with E-state index in [1.807, 2.05) is 13.8 Å².